The number of likely N-dealkylation sites (N-methyl/N-ethyl adjacent to an activating group) is 2. The van der Waals surface area contributed by atoms with E-state index >= 15 is 0 Å². The van der Waals surface area contributed by atoms with E-state index in [4.69, 9.17) is 0 Å². The van der Waals surface area contributed by atoms with E-state index < -0.39 is 5.54 Å². The van der Waals surface area contributed by atoms with Crippen molar-refractivity contribution in [3.8, 4) is 0 Å². The van der Waals surface area contributed by atoms with Gasteiger partial charge >= 0.3 is 6.03 Å². The van der Waals surface area contributed by atoms with E-state index in [-0.39, 0.29) is 24.4 Å². The van der Waals surface area contributed by atoms with Crippen LogP contribution >= 0.6 is 11.3 Å². The Morgan fingerprint density at radius 3 is 2.62 bits per heavy atom. The Morgan fingerprint density at radius 2 is 2.00 bits per heavy atom. The molecule has 2 fully saturated rings. The SMILES string of the molecule is CN(Cc1cccs1)C(=O)CN1C(=O)N(C)C2(CCCCC2)C1=O. The third kappa shape index (κ3) is 2.81. The van der Waals surface area contributed by atoms with Gasteiger partial charge in [0.25, 0.3) is 5.91 Å². The van der Waals surface area contributed by atoms with Gasteiger partial charge in [0.15, 0.2) is 0 Å². The Morgan fingerprint density at radius 1 is 1.29 bits per heavy atom. The third-order valence-electron chi connectivity index (χ3n) is 5.18. The Hall–Kier alpha value is -1.89. The number of imide groups is 1. The molecular formula is C17H23N3O3S. The van der Waals surface area contributed by atoms with Gasteiger partial charge in [-0.3, -0.25) is 14.5 Å². The molecule has 0 bridgehead atoms. The lowest BCUT2D eigenvalue weighted by Gasteiger charge is -2.35. The second-order valence-corrected chi connectivity index (χ2v) is 7.69. The number of rotatable bonds is 4. The van der Waals surface area contributed by atoms with Crippen LogP contribution in [-0.2, 0) is 16.1 Å². The highest BCUT2D eigenvalue weighted by Crippen LogP contribution is 2.39. The fourth-order valence-electron chi connectivity index (χ4n) is 3.65. The maximum Gasteiger partial charge on any atom is 0.327 e. The Kier molecular flexibility index (Phi) is 4.62. The minimum atomic E-state index is -0.720. The average molecular weight is 349 g/mol. The lowest BCUT2D eigenvalue weighted by atomic mass is 9.81. The van der Waals surface area contributed by atoms with Crippen molar-refractivity contribution in [2.45, 2.75) is 44.2 Å². The summed E-state index contributed by atoms with van der Waals surface area (Å²) < 4.78 is 0. The molecule has 4 amide bonds. The van der Waals surface area contributed by atoms with Gasteiger partial charge in [-0.15, -0.1) is 11.3 Å². The van der Waals surface area contributed by atoms with Crippen molar-refractivity contribution in [2.24, 2.45) is 0 Å². The normalized spacial score (nSPS) is 20.1. The van der Waals surface area contributed by atoms with Crippen molar-refractivity contribution in [3.63, 3.8) is 0 Å². The molecule has 1 aromatic heterocycles. The number of carbonyl (C=O) groups is 3. The van der Waals surface area contributed by atoms with Gasteiger partial charge in [-0.2, -0.15) is 0 Å². The van der Waals surface area contributed by atoms with Crippen LogP contribution in [0.25, 0.3) is 0 Å². The van der Waals surface area contributed by atoms with Gasteiger partial charge in [0.05, 0.1) is 6.54 Å². The van der Waals surface area contributed by atoms with Crippen LogP contribution in [0.15, 0.2) is 17.5 Å². The first-order valence-corrected chi connectivity index (χ1v) is 9.20. The fourth-order valence-corrected chi connectivity index (χ4v) is 4.41. The van der Waals surface area contributed by atoms with Crippen molar-refractivity contribution < 1.29 is 14.4 Å². The molecule has 0 radical (unpaired) electrons. The largest absolute Gasteiger partial charge is 0.339 e. The molecular weight excluding hydrogens is 326 g/mol. The van der Waals surface area contributed by atoms with Crippen LogP contribution in [0.4, 0.5) is 4.79 Å². The van der Waals surface area contributed by atoms with Gasteiger partial charge in [0, 0.05) is 19.0 Å². The summed E-state index contributed by atoms with van der Waals surface area (Å²) in [7, 11) is 3.39. The highest BCUT2D eigenvalue weighted by atomic mass is 32.1. The average Bonchev–Trinajstić information content (AvgIpc) is 3.15. The van der Waals surface area contributed by atoms with E-state index in [1.165, 1.54) is 0 Å². The molecule has 2 aliphatic rings. The molecule has 7 heteroatoms. The van der Waals surface area contributed by atoms with E-state index in [1.807, 2.05) is 17.5 Å². The number of hydrogen-bond acceptors (Lipinski definition) is 4. The quantitative estimate of drug-likeness (QED) is 0.784. The standard InChI is InChI=1S/C17H23N3O3S/c1-18(11-13-7-6-10-24-13)14(21)12-20-15(22)17(19(2)16(20)23)8-4-3-5-9-17/h6-7,10H,3-5,8-9,11-12H2,1-2H3. The topological polar surface area (TPSA) is 60.9 Å². The first-order chi connectivity index (χ1) is 11.5. The first-order valence-electron chi connectivity index (χ1n) is 8.32. The van der Waals surface area contributed by atoms with Crippen molar-refractivity contribution in [1.82, 2.24) is 14.7 Å². The van der Waals surface area contributed by atoms with Gasteiger partial charge in [-0.05, 0) is 24.3 Å². The molecule has 0 unspecified atom stereocenters. The van der Waals surface area contributed by atoms with Crippen LogP contribution in [0.1, 0.15) is 37.0 Å². The Bertz CT molecular complexity index is 638. The molecule has 6 nitrogen and oxygen atoms in total. The predicted molar refractivity (Wildman–Crippen MR) is 91.5 cm³/mol. The molecule has 0 atom stereocenters. The van der Waals surface area contributed by atoms with Crippen molar-refractivity contribution in [3.05, 3.63) is 22.4 Å². The predicted octanol–water partition coefficient (Wildman–Crippen LogP) is 2.30. The van der Waals surface area contributed by atoms with E-state index in [0.29, 0.717) is 19.4 Å². The van der Waals surface area contributed by atoms with Crippen LogP contribution in [0.5, 0.6) is 0 Å². The number of hydrogen-bond donors (Lipinski definition) is 0. The maximum atomic E-state index is 12.9. The van der Waals surface area contributed by atoms with Crippen molar-refractivity contribution in [2.75, 3.05) is 20.6 Å². The summed E-state index contributed by atoms with van der Waals surface area (Å²) in [5.41, 5.74) is -0.720. The Balaban J connectivity index is 1.69. The van der Waals surface area contributed by atoms with Gasteiger partial charge in [-0.25, -0.2) is 4.79 Å². The maximum absolute atomic E-state index is 12.9. The zero-order valence-corrected chi connectivity index (χ0v) is 15.0. The minimum absolute atomic E-state index is 0.175. The van der Waals surface area contributed by atoms with Crippen LogP contribution in [0.3, 0.4) is 0 Å². The van der Waals surface area contributed by atoms with E-state index in [0.717, 1.165) is 29.0 Å². The van der Waals surface area contributed by atoms with Crippen LogP contribution in [-0.4, -0.2) is 58.7 Å². The van der Waals surface area contributed by atoms with E-state index in [2.05, 4.69) is 0 Å². The summed E-state index contributed by atoms with van der Waals surface area (Å²) in [4.78, 5) is 43.2. The second kappa shape index (κ2) is 6.55. The molecule has 1 aliphatic heterocycles. The van der Waals surface area contributed by atoms with E-state index in [1.54, 1.807) is 35.2 Å². The first kappa shape index (κ1) is 17.0. The van der Waals surface area contributed by atoms with Gasteiger partial charge in [-0.1, -0.05) is 25.3 Å². The summed E-state index contributed by atoms with van der Waals surface area (Å²) in [5.74, 6) is -0.418. The zero-order chi connectivity index (χ0) is 17.3. The monoisotopic (exact) mass is 349 g/mol. The molecule has 0 aromatic carbocycles. The zero-order valence-electron chi connectivity index (χ0n) is 14.2. The molecule has 1 saturated carbocycles. The highest BCUT2D eigenvalue weighted by molar-refractivity contribution is 7.09. The molecule has 24 heavy (non-hydrogen) atoms. The molecule has 1 spiro atoms. The number of thiophene rings is 1. The molecule has 0 N–H and O–H groups in total. The molecule has 1 aromatic rings. The molecule has 130 valence electrons. The van der Waals surface area contributed by atoms with Gasteiger partial charge in [0.1, 0.15) is 12.1 Å². The molecule has 3 rings (SSSR count). The number of amides is 4. The number of nitrogens with zero attached hydrogens (tertiary/aromatic N) is 3. The number of carbonyl (C=O) groups excluding carboxylic acids is 3. The molecule has 1 aliphatic carbocycles. The van der Waals surface area contributed by atoms with E-state index in [9.17, 15) is 14.4 Å². The van der Waals surface area contributed by atoms with Crippen molar-refractivity contribution >= 4 is 29.2 Å². The third-order valence-corrected chi connectivity index (χ3v) is 6.04. The van der Waals surface area contributed by atoms with Crippen molar-refractivity contribution in [1.29, 1.82) is 0 Å². The van der Waals surface area contributed by atoms with Crippen LogP contribution in [0.2, 0.25) is 0 Å². The minimum Gasteiger partial charge on any atom is -0.339 e. The van der Waals surface area contributed by atoms with Crippen LogP contribution < -0.4 is 0 Å². The summed E-state index contributed by atoms with van der Waals surface area (Å²) in [6, 6.07) is 3.55. The summed E-state index contributed by atoms with van der Waals surface area (Å²) in [5, 5.41) is 1.96. The number of urea groups is 1. The summed E-state index contributed by atoms with van der Waals surface area (Å²) in [6.45, 7) is 0.319. The summed E-state index contributed by atoms with van der Waals surface area (Å²) >= 11 is 1.58. The highest BCUT2D eigenvalue weighted by Gasteiger charge is 2.55. The molecule has 1 saturated heterocycles. The van der Waals surface area contributed by atoms with Gasteiger partial charge < -0.3 is 9.80 Å². The molecule has 2 heterocycles. The summed E-state index contributed by atoms with van der Waals surface area (Å²) in [6.07, 6.45) is 4.39. The smallest absolute Gasteiger partial charge is 0.327 e. The van der Waals surface area contributed by atoms with Gasteiger partial charge in [0.2, 0.25) is 5.91 Å². The fraction of sp³-hybridized carbons (Fsp3) is 0.588. The lowest BCUT2D eigenvalue weighted by molar-refractivity contribution is -0.140. The lowest BCUT2D eigenvalue weighted by Crippen LogP contribution is -2.49. The Labute approximate surface area is 146 Å². The van der Waals surface area contributed by atoms with Crippen LogP contribution in [0, 0.1) is 0 Å². The second-order valence-electron chi connectivity index (χ2n) is 6.65.